The fraction of sp³-hybridized carbons (Fsp3) is 0. The van der Waals surface area contributed by atoms with E-state index in [0.29, 0.717) is 0 Å². The number of thiophene rings is 1. The molecule has 0 radical (unpaired) electrons. The van der Waals surface area contributed by atoms with Gasteiger partial charge in [-0.2, -0.15) is 0 Å². The van der Waals surface area contributed by atoms with Gasteiger partial charge in [0.25, 0.3) is 0 Å². The van der Waals surface area contributed by atoms with E-state index in [4.69, 9.17) is 4.42 Å². The largest absolute Gasteiger partial charge is 0.455 e. The molecule has 2 aromatic heterocycles. The summed E-state index contributed by atoms with van der Waals surface area (Å²) in [4.78, 5) is 0. The summed E-state index contributed by atoms with van der Waals surface area (Å²) in [7, 11) is 0. The zero-order chi connectivity index (χ0) is 32.8. The van der Waals surface area contributed by atoms with Crippen molar-refractivity contribution in [2.24, 2.45) is 0 Å². The Kier molecular flexibility index (Phi) is 5.89. The van der Waals surface area contributed by atoms with Crippen molar-refractivity contribution in [3.05, 3.63) is 170 Å². The Hall–Kier alpha value is -6.22. The summed E-state index contributed by atoms with van der Waals surface area (Å²) >= 11 is 1.88. The second-order valence-electron chi connectivity index (χ2n) is 13.1. The fourth-order valence-electron chi connectivity index (χ4n) is 8.26. The molecule has 0 aliphatic rings. The van der Waals surface area contributed by atoms with Crippen LogP contribution in [0.2, 0.25) is 0 Å². The zero-order valence-corrected chi connectivity index (χ0v) is 27.8. The molecule has 0 amide bonds. The summed E-state index contributed by atoms with van der Waals surface area (Å²) in [6.45, 7) is 0. The Balaban J connectivity index is 1.18. The van der Waals surface area contributed by atoms with E-state index in [9.17, 15) is 0 Å². The van der Waals surface area contributed by atoms with Crippen LogP contribution in [0.1, 0.15) is 0 Å². The molecule has 0 spiro atoms. The summed E-state index contributed by atoms with van der Waals surface area (Å²) in [6.07, 6.45) is 0. The van der Waals surface area contributed by atoms with Crippen molar-refractivity contribution >= 4 is 85.8 Å². The van der Waals surface area contributed by atoms with E-state index >= 15 is 0 Å². The van der Waals surface area contributed by atoms with Crippen LogP contribution in [-0.4, -0.2) is 0 Å². The Morgan fingerprint density at radius 2 is 0.840 bits per heavy atom. The maximum Gasteiger partial charge on any atom is 0.143 e. The molecule has 0 bridgehead atoms. The van der Waals surface area contributed by atoms with Crippen molar-refractivity contribution in [2.75, 3.05) is 0 Å². The Bertz CT molecular complexity index is 3070. The topological polar surface area (TPSA) is 13.1 Å². The average Bonchev–Trinajstić information content (AvgIpc) is 3.76. The number of furan rings is 1. The van der Waals surface area contributed by atoms with Crippen molar-refractivity contribution in [1.82, 2.24) is 0 Å². The van der Waals surface area contributed by atoms with Gasteiger partial charge < -0.3 is 4.42 Å². The molecule has 9 aromatic carbocycles. The highest BCUT2D eigenvalue weighted by Crippen LogP contribution is 2.49. The van der Waals surface area contributed by atoms with Crippen molar-refractivity contribution in [3.8, 4) is 33.4 Å². The van der Waals surface area contributed by atoms with E-state index in [0.717, 1.165) is 27.5 Å². The van der Waals surface area contributed by atoms with Gasteiger partial charge in [0.15, 0.2) is 0 Å². The van der Waals surface area contributed by atoms with Gasteiger partial charge in [0.05, 0.1) is 0 Å². The summed E-state index contributed by atoms with van der Waals surface area (Å²) in [5.41, 5.74) is 9.21. The second-order valence-corrected chi connectivity index (χ2v) is 14.2. The second kappa shape index (κ2) is 10.6. The van der Waals surface area contributed by atoms with Crippen LogP contribution in [0, 0.1) is 0 Å². The third-order valence-electron chi connectivity index (χ3n) is 10.5. The van der Waals surface area contributed by atoms with Gasteiger partial charge in [-0.3, -0.25) is 0 Å². The van der Waals surface area contributed by atoms with E-state index < -0.39 is 0 Å². The molecule has 50 heavy (non-hydrogen) atoms. The lowest BCUT2D eigenvalue weighted by atomic mass is 9.85. The summed E-state index contributed by atoms with van der Waals surface area (Å²) in [5, 5.41) is 12.3. The third-order valence-corrected chi connectivity index (χ3v) is 11.7. The third kappa shape index (κ3) is 3.94. The van der Waals surface area contributed by atoms with Crippen LogP contribution >= 0.6 is 11.3 Å². The van der Waals surface area contributed by atoms with Crippen molar-refractivity contribution in [3.63, 3.8) is 0 Å². The van der Waals surface area contributed by atoms with Crippen LogP contribution in [0.5, 0.6) is 0 Å². The van der Waals surface area contributed by atoms with Crippen LogP contribution < -0.4 is 0 Å². The molecule has 0 saturated heterocycles. The highest BCUT2D eigenvalue weighted by Gasteiger charge is 2.21. The van der Waals surface area contributed by atoms with E-state index in [1.54, 1.807) is 0 Å². The lowest BCUT2D eigenvalue weighted by Gasteiger charge is -2.18. The molecule has 0 aliphatic heterocycles. The Labute approximate surface area is 292 Å². The fourth-order valence-corrected chi connectivity index (χ4v) is 9.51. The molecule has 0 aliphatic carbocycles. The Morgan fingerprint density at radius 1 is 0.340 bits per heavy atom. The van der Waals surface area contributed by atoms with Crippen molar-refractivity contribution in [1.29, 1.82) is 0 Å². The number of benzene rings is 9. The number of hydrogen-bond acceptors (Lipinski definition) is 2. The number of hydrogen-bond donors (Lipinski definition) is 0. The van der Waals surface area contributed by atoms with Crippen LogP contribution in [0.3, 0.4) is 0 Å². The molecule has 11 aromatic rings. The highest BCUT2D eigenvalue weighted by molar-refractivity contribution is 7.27. The summed E-state index contributed by atoms with van der Waals surface area (Å²) in [6, 6.07) is 61.7. The van der Waals surface area contributed by atoms with E-state index in [1.807, 2.05) is 11.3 Å². The number of fused-ring (bicyclic) bond motifs is 12. The summed E-state index contributed by atoms with van der Waals surface area (Å²) < 4.78 is 9.55. The first-order chi connectivity index (χ1) is 24.8. The SMILES string of the molecule is c1ccc(-c2ccc(-c3c4ccccc4c(-c4ccc5c(c4)oc4c6ccccc6c6sc7ccccc7c6c54)c4ccccc34)cc2)cc1. The van der Waals surface area contributed by atoms with Crippen LogP contribution in [0.4, 0.5) is 0 Å². The molecule has 232 valence electrons. The van der Waals surface area contributed by atoms with Gasteiger partial charge in [-0.1, -0.05) is 152 Å². The number of rotatable bonds is 3. The highest BCUT2D eigenvalue weighted by atomic mass is 32.1. The molecule has 0 unspecified atom stereocenters. The smallest absolute Gasteiger partial charge is 0.143 e. The standard InChI is InChI=1S/C48H28OS/c1-2-12-29(13-3-1)30-22-24-31(25-23-30)43-33-14-4-6-16-35(33)44(36-17-7-5-15-34(36)43)32-26-27-39-41(28-32)49-47-37-18-8-9-19-38(37)48-46(45(39)47)40-20-10-11-21-42(40)50-48/h1-28H. The van der Waals surface area contributed by atoms with Crippen molar-refractivity contribution in [2.45, 2.75) is 0 Å². The zero-order valence-electron chi connectivity index (χ0n) is 27.0. The van der Waals surface area contributed by atoms with Gasteiger partial charge in [0.2, 0.25) is 0 Å². The van der Waals surface area contributed by atoms with Gasteiger partial charge in [-0.25, -0.2) is 0 Å². The van der Waals surface area contributed by atoms with Crippen LogP contribution in [-0.2, 0) is 0 Å². The van der Waals surface area contributed by atoms with E-state index in [1.165, 1.54) is 80.3 Å². The predicted molar refractivity (Wildman–Crippen MR) is 215 cm³/mol. The molecule has 0 saturated carbocycles. The quantitative estimate of drug-likeness (QED) is 0.173. The minimum atomic E-state index is 0.916. The first kappa shape index (κ1) is 27.7. The maximum atomic E-state index is 6.92. The average molecular weight is 653 g/mol. The maximum absolute atomic E-state index is 6.92. The first-order valence-corrected chi connectivity index (χ1v) is 17.9. The summed E-state index contributed by atoms with van der Waals surface area (Å²) in [5.74, 6) is 0. The van der Waals surface area contributed by atoms with E-state index in [2.05, 4.69) is 170 Å². The molecule has 1 nitrogen and oxygen atoms in total. The van der Waals surface area contributed by atoms with Gasteiger partial charge >= 0.3 is 0 Å². The molecule has 11 rings (SSSR count). The monoisotopic (exact) mass is 652 g/mol. The minimum Gasteiger partial charge on any atom is -0.455 e. The Morgan fingerprint density at radius 3 is 1.52 bits per heavy atom. The van der Waals surface area contributed by atoms with Gasteiger partial charge in [0, 0.05) is 41.7 Å². The molecule has 0 atom stereocenters. The minimum absolute atomic E-state index is 0.916. The molecular weight excluding hydrogens is 625 g/mol. The van der Waals surface area contributed by atoms with Gasteiger partial charge in [0.1, 0.15) is 11.2 Å². The van der Waals surface area contributed by atoms with Crippen LogP contribution in [0.25, 0.3) is 108 Å². The predicted octanol–water partition coefficient (Wildman–Crippen LogP) is 14.4. The molecule has 0 fully saturated rings. The van der Waals surface area contributed by atoms with Crippen molar-refractivity contribution < 1.29 is 4.42 Å². The first-order valence-electron chi connectivity index (χ1n) is 17.1. The lowest BCUT2D eigenvalue weighted by molar-refractivity contribution is 0.673. The van der Waals surface area contributed by atoms with E-state index in [-0.39, 0.29) is 0 Å². The molecular formula is C48H28OS. The van der Waals surface area contributed by atoms with Gasteiger partial charge in [-0.05, 0) is 73.1 Å². The van der Waals surface area contributed by atoms with Crippen LogP contribution in [0.15, 0.2) is 174 Å². The lowest BCUT2D eigenvalue weighted by Crippen LogP contribution is -1.91. The molecule has 0 N–H and O–H groups in total. The van der Waals surface area contributed by atoms with Gasteiger partial charge in [-0.15, -0.1) is 11.3 Å². The molecule has 2 heterocycles. The normalized spacial score (nSPS) is 12.0. The molecule has 2 heteroatoms.